The summed E-state index contributed by atoms with van der Waals surface area (Å²) in [6.07, 6.45) is 2.33. The number of carbonyl (C=O) groups excluding carboxylic acids is 1. The van der Waals surface area contributed by atoms with Crippen LogP contribution in [0, 0.1) is 0 Å². The standard InChI is InChI=1S/C22H21ClN2O4/c23-17-4-1-3-16(11-17)21-12-20(25-29-21)22(26)24-13-15-6-8-18(9-7-15)28-14-19-5-2-10-27-19/h1,3-4,6-9,11-12,19H,2,5,10,13-14H2,(H,24,26). The van der Waals surface area contributed by atoms with Crippen LogP contribution in [-0.4, -0.2) is 30.4 Å². The molecule has 0 aliphatic carbocycles. The summed E-state index contributed by atoms with van der Waals surface area (Å²) in [7, 11) is 0. The maximum absolute atomic E-state index is 12.3. The van der Waals surface area contributed by atoms with Crippen LogP contribution in [0.5, 0.6) is 5.75 Å². The molecule has 6 nitrogen and oxygen atoms in total. The Balaban J connectivity index is 1.29. The summed E-state index contributed by atoms with van der Waals surface area (Å²) in [5.74, 6) is 0.976. The molecule has 1 aliphatic heterocycles. The van der Waals surface area contributed by atoms with Crippen molar-refractivity contribution in [3.8, 4) is 17.1 Å². The van der Waals surface area contributed by atoms with Gasteiger partial charge in [0.25, 0.3) is 5.91 Å². The number of benzene rings is 2. The van der Waals surface area contributed by atoms with Crippen molar-refractivity contribution in [1.29, 1.82) is 0 Å². The highest BCUT2D eigenvalue weighted by Crippen LogP contribution is 2.23. The summed E-state index contributed by atoms with van der Waals surface area (Å²) in [5.41, 5.74) is 1.94. The molecule has 1 N–H and O–H groups in total. The van der Waals surface area contributed by atoms with E-state index < -0.39 is 0 Å². The Hall–Kier alpha value is -2.83. The number of carbonyl (C=O) groups is 1. The first-order chi connectivity index (χ1) is 14.2. The highest BCUT2D eigenvalue weighted by molar-refractivity contribution is 6.30. The smallest absolute Gasteiger partial charge is 0.273 e. The maximum Gasteiger partial charge on any atom is 0.273 e. The molecule has 0 saturated carbocycles. The minimum atomic E-state index is -0.305. The summed E-state index contributed by atoms with van der Waals surface area (Å²) < 4.78 is 16.6. The normalized spacial score (nSPS) is 16.0. The van der Waals surface area contributed by atoms with Crippen LogP contribution in [0.15, 0.2) is 59.1 Å². The lowest BCUT2D eigenvalue weighted by Gasteiger charge is -2.11. The predicted octanol–water partition coefficient (Wildman–Crippen LogP) is 4.48. The molecule has 1 atom stereocenters. The Morgan fingerprint density at radius 3 is 2.83 bits per heavy atom. The van der Waals surface area contributed by atoms with Gasteiger partial charge in [0.05, 0.1) is 6.10 Å². The van der Waals surface area contributed by atoms with Crippen LogP contribution in [0.1, 0.15) is 28.9 Å². The SMILES string of the molecule is O=C(NCc1ccc(OCC2CCCO2)cc1)c1cc(-c2cccc(Cl)c2)on1. The largest absolute Gasteiger partial charge is 0.491 e. The summed E-state index contributed by atoms with van der Waals surface area (Å²) in [6.45, 7) is 1.76. The lowest BCUT2D eigenvalue weighted by molar-refractivity contribution is 0.0679. The summed E-state index contributed by atoms with van der Waals surface area (Å²) in [5, 5.41) is 7.28. The maximum atomic E-state index is 12.3. The van der Waals surface area contributed by atoms with Gasteiger partial charge in [0.15, 0.2) is 11.5 Å². The second-order valence-corrected chi connectivity index (χ2v) is 7.30. The van der Waals surface area contributed by atoms with E-state index in [0.717, 1.165) is 36.3 Å². The second kappa shape index (κ2) is 9.11. The number of rotatable bonds is 7. The zero-order valence-electron chi connectivity index (χ0n) is 15.8. The molecule has 150 valence electrons. The van der Waals surface area contributed by atoms with Gasteiger partial charge >= 0.3 is 0 Å². The fourth-order valence-electron chi connectivity index (χ4n) is 3.10. The molecule has 1 fully saturated rings. The minimum absolute atomic E-state index is 0.188. The van der Waals surface area contributed by atoms with Crippen LogP contribution < -0.4 is 10.1 Å². The average molecular weight is 413 g/mol. The molecule has 0 bridgehead atoms. The van der Waals surface area contributed by atoms with Crippen molar-refractivity contribution in [2.45, 2.75) is 25.5 Å². The van der Waals surface area contributed by atoms with E-state index >= 15 is 0 Å². The van der Waals surface area contributed by atoms with Crippen molar-refractivity contribution in [3.05, 3.63) is 70.9 Å². The van der Waals surface area contributed by atoms with Gasteiger partial charge < -0.3 is 19.3 Å². The molecule has 1 aromatic heterocycles. The molecule has 1 amide bonds. The Kier molecular flexibility index (Phi) is 6.12. The topological polar surface area (TPSA) is 73.6 Å². The third-order valence-corrected chi connectivity index (χ3v) is 4.92. The average Bonchev–Trinajstić information content (AvgIpc) is 3.43. The van der Waals surface area contributed by atoms with Crippen molar-refractivity contribution in [1.82, 2.24) is 10.5 Å². The first-order valence-electron chi connectivity index (χ1n) is 9.51. The zero-order chi connectivity index (χ0) is 20.1. The fourth-order valence-corrected chi connectivity index (χ4v) is 3.29. The van der Waals surface area contributed by atoms with Gasteiger partial charge in [-0.3, -0.25) is 4.79 Å². The van der Waals surface area contributed by atoms with Crippen molar-refractivity contribution in [2.24, 2.45) is 0 Å². The predicted molar refractivity (Wildman–Crippen MR) is 109 cm³/mol. The van der Waals surface area contributed by atoms with E-state index in [9.17, 15) is 4.79 Å². The van der Waals surface area contributed by atoms with Crippen LogP contribution in [-0.2, 0) is 11.3 Å². The van der Waals surface area contributed by atoms with E-state index in [1.807, 2.05) is 36.4 Å². The second-order valence-electron chi connectivity index (χ2n) is 6.86. The number of aromatic nitrogens is 1. The molecule has 29 heavy (non-hydrogen) atoms. The number of hydrogen-bond acceptors (Lipinski definition) is 5. The first kappa shape index (κ1) is 19.5. The molecule has 3 aromatic rings. The van der Waals surface area contributed by atoms with Crippen LogP contribution in [0.4, 0.5) is 0 Å². The van der Waals surface area contributed by atoms with E-state index in [1.165, 1.54) is 0 Å². The molecule has 2 heterocycles. The van der Waals surface area contributed by atoms with E-state index in [2.05, 4.69) is 10.5 Å². The Bertz CT molecular complexity index is 965. The van der Waals surface area contributed by atoms with Gasteiger partial charge in [-0.05, 0) is 42.7 Å². The van der Waals surface area contributed by atoms with Gasteiger partial charge in [0.1, 0.15) is 12.4 Å². The Morgan fingerprint density at radius 2 is 2.07 bits per heavy atom. The molecule has 4 rings (SSSR count). The van der Waals surface area contributed by atoms with Gasteiger partial charge in [-0.2, -0.15) is 0 Å². The molecule has 0 radical (unpaired) electrons. The van der Waals surface area contributed by atoms with Crippen molar-refractivity contribution >= 4 is 17.5 Å². The number of hydrogen-bond donors (Lipinski definition) is 1. The summed E-state index contributed by atoms with van der Waals surface area (Å²) >= 11 is 5.99. The number of nitrogens with one attached hydrogen (secondary N) is 1. The van der Waals surface area contributed by atoms with Crippen molar-refractivity contribution in [2.75, 3.05) is 13.2 Å². The highest BCUT2D eigenvalue weighted by Gasteiger charge is 2.16. The zero-order valence-corrected chi connectivity index (χ0v) is 16.5. The Labute approximate surface area is 173 Å². The van der Waals surface area contributed by atoms with Gasteiger partial charge in [0.2, 0.25) is 0 Å². The van der Waals surface area contributed by atoms with E-state index in [1.54, 1.807) is 18.2 Å². The van der Waals surface area contributed by atoms with Crippen LogP contribution in [0.25, 0.3) is 11.3 Å². The van der Waals surface area contributed by atoms with E-state index in [0.29, 0.717) is 23.9 Å². The van der Waals surface area contributed by atoms with Gasteiger partial charge in [-0.15, -0.1) is 0 Å². The van der Waals surface area contributed by atoms with Gasteiger partial charge in [-0.1, -0.05) is 41.0 Å². The first-order valence-corrected chi connectivity index (χ1v) is 9.89. The summed E-state index contributed by atoms with van der Waals surface area (Å²) in [6, 6.07) is 16.4. The molecular formula is C22H21ClN2O4. The molecule has 7 heteroatoms. The fraction of sp³-hybridized carbons (Fsp3) is 0.273. The molecular weight excluding hydrogens is 392 g/mol. The third-order valence-electron chi connectivity index (χ3n) is 4.69. The van der Waals surface area contributed by atoms with Crippen LogP contribution in [0.2, 0.25) is 5.02 Å². The van der Waals surface area contributed by atoms with Crippen LogP contribution >= 0.6 is 11.6 Å². The molecule has 0 spiro atoms. The van der Waals surface area contributed by atoms with E-state index in [-0.39, 0.29) is 17.7 Å². The molecule has 1 saturated heterocycles. The summed E-state index contributed by atoms with van der Waals surface area (Å²) in [4.78, 5) is 12.3. The molecule has 1 aliphatic rings. The third kappa shape index (κ3) is 5.16. The lowest BCUT2D eigenvalue weighted by atomic mass is 10.1. The quantitative estimate of drug-likeness (QED) is 0.619. The van der Waals surface area contributed by atoms with E-state index in [4.69, 9.17) is 25.6 Å². The molecule has 2 aromatic carbocycles. The number of ether oxygens (including phenoxy) is 2. The van der Waals surface area contributed by atoms with Gasteiger partial charge in [-0.25, -0.2) is 0 Å². The molecule has 1 unspecified atom stereocenters. The number of halogens is 1. The lowest BCUT2D eigenvalue weighted by Crippen LogP contribution is -2.23. The monoisotopic (exact) mass is 412 g/mol. The van der Waals surface area contributed by atoms with Crippen LogP contribution in [0.3, 0.4) is 0 Å². The number of nitrogens with zero attached hydrogens (tertiary/aromatic N) is 1. The van der Waals surface area contributed by atoms with Gasteiger partial charge in [0, 0.05) is 29.8 Å². The minimum Gasteiger partial charge on any atom is -0.491 e. The highest BCUT2D eigenvalue weighted by atomic mass is 35.5. The van der Waals surface area contributed by atoms with Crippen molar-refractivity contribution < 1.29 is 18.8 Å². The van der Waals surface area contributed by atoms with Crippen molar-refractivity contribution in [3.63, 3.8) is 0 Å². The number of amides is 1. The Morgan fingerprint density at radius 1 is 1.21 bits per heavy atom.